The van der Waals surface area contributed by atoms with E-state index in [9.17, 15) is 10.1 Å². The number of benzene rings is 1. The van der Waals surface area contributed by atoms with Crippen molar-refractivity contribution in [2.24, 2.45) is 0 Å². The van der Waals surface area contributed by atoms with Gasteiger partial charge in [0.05, 0.1) is 11.5 Å². The van der Waals surface area contributed by atoms with Crippen LogP contribution in [0.1, 0.15) is 31.7 Å². The second kappa shape index (κ2) is 9.44. The van der Waals surface area contributed by atoms with Crippen molar-refractivity contribution in [1.82, 2.24) is 4.90 Å². The molecule has 0 radical (unpaired) electrons. The molecule has 0 saturated carbocycles. The van der Waals surface area contributed by atoms with Crippen molar-refractivity contribution in [2.75, 3.05) is 26.2 Å². The highest BCUT2D eigenvalue weighted by Gasteiger charge is 2.11. The highest BCUT2D eigenvalue weighted by Crippen LogP contribution is 2.19. The van der Waals surface area contributed by atoms with Crippen LogP contribution in [-0.4, -0.2) is 41.2 Å². The molecular formula is C15H24N2O3. The monoisotopic (exact) mass is 280 g/mol. The van der Waals surface area contributed by atoms with Crippen LogP contribution in [-0.2, 0) is 6.42 Å². The molecule has 0 fully saturated rings. The lowest BCUT2D eigenvalue weighted by Gasteiger charge is -2.18. The molecule has 0 aliphatic carbocycles. The molecule has 0 spiro atoms. The second-order valence-corrected chi connectivity index (χ2v) is 4.85. The summed E-state index contributed by atoms with van der Waals surface area (Å²) in [6.45, 7) is 4.94. The Kier molecular flexibility index (Phi) is 7.84. The van der Waals surface area contributed by atoms with Gasteiger partial charge in [0.1, 0.15) is 0 Å². The van der Waals surface area contributed by atoms with Crippen LogP contribution < -0.4 is 0 Å². The summed E-state index contributed by atoms with van der Waals surface area (Å²) in [5.74, 6) is 0. The minimum atomic E-state index is -0.310. The molecule has 1 rings (SSSR count). The summed E-state index contributed by atoms with van der Waals surface area (Å²) in [5, 5.41) is 19.8. The lowest BCUT2D eigenvalue weighted by molar-refractivity contribution is -0.385. The molecule has 0 bridgehead atoms. The first-order valence-electron chi connectivity index (χ1n) is 7.24. The summed E-state index contributed by atoms with van der Waals surface area (Å²) in [7, 11) is 0. The molecule has 5 nitrogen and oxygen atoms in total. The molecule has 5 heteroatoms. The molecule has 1 aromatic rings. The highest BCUT2D eigenvalue weighted by atomic mass is 16.6. The van der Waals surface area contributed by atoms with Gasteiger partial charge in [-0.25, -0.2) is 0 Å². The van der Waals surface area contributed by atoms with Gasteiger partial charge in [-0.05, 0) is 32.4 Å². The number of aryl methyl sites for hydroxylation is 1. The number of nitro groups is 1. The van der Waals surface area contributed by atoms with Crippen molar-refractivity contribution in [2.45, 2.75) is 32.6 Å². The first kappa shape index (κ1) is 16.6. The Morgan fingerprint density at radius 3 is 2.60 bits per heavy atom. The van der Waals surface area contributed by atoms with E-state index in [1.54, 1.807) is 12.1 Å². The van der Waals surface area contributed by atoms with Gasteiger partial charge in [0, 0.05) is 18.2 Å². The average Bonchev–Trinajstić information content (AvgIpc) is 2.46. The molecule has 0 aromatic heterocycles. The molecule has 0 unspecified atom stereocenters. The van der Waals surface area contributed by atoms with E-state index < -0.39 is 0 Å². The van der Waals surface area contributed by atoms with E-state index in [1.807, 2.05) is 12.1 Å². The van der Waals surface area contributed by atoms with E-state index >= 15 is 0 Å². The fourth-order valence-electron chi connectivity index (χ4n) is 2.30. The Morgan fingerprint density at radius 1 is 1.20 bits per heavy atom. The maximum atomic E-state index is 10.9. The quantitative estimate of drug-likeness (QED) is 0.406. The van der Waals surface area contributed by atoms with Gasteiger partial charge >= 0.3 is 0 Å². The third kappa shape index (κ3) is 5.67. The largest absolute Gasteiger partial charge is 0.395 e. The topological polar surface area (TPSA) is 66.6 Å². The molecule has 0 saturated heterocycles. The number of nitrogens with zero attached hydrogens (tertiary/aromatic N) is 2. The zero-order valence-electron chi connectivity index (χ0n) is 12.1. The van der Waals surface area contributed by atoms with Crippen LogP contribution in [0.25, 0.3) is 0 Å². The molecule has 112 valence electrons. The average molecular weight is 280 g/mol. The van der Waals surface area contributed by atoms with Crippen molar-refractivity contribution >= 4 is 5.69 Å². The van der Waals surface area contributed by atoms with Gasteiger partial charge in [-0.3, -0.25) is 10.1 Å². The van der Waals surface area contributed by atoms with Gasteiger partial charge in [0.2, 0.25) is 0 Å². The minimum absolute atomic E-state index is 0.198. The van der Waals surface area contributed by atoms with E-state index in [-0.39, 0.29) is 17.2 Å². The predicted octanol–water partition coefficient (Wildman–Crippen LogP) is 2.62. The number of aliphatic hydroxyl groups is 1. The number of aliphatic hydroxyl groups excluding tert-OH is 1. The maximum Gasteiger partial charge on any atom is 0.272 e. The minimum Gasteiger partial charge on any atom is -0.395 e. The molecule has 1 aromatic carbocycles. The van der Waals surface area contributed by atoms with E-state index in [2.05, 4.69) is 11.8 Å². The molecule has 0 heterocycles. The molecule has 0 aliphatic rings. The first-order valence-corrected chi connectivity index (χ1v) is 7.24. The molecule has 20 heavy (non-hydrogen) atoms. The van der Waals surface area contributed by atoms with Crippen molar-refractivity contribution in [3.05, 3.63) is 39.9 Å². The van der Waals surface area contributed by atoms with Gasteiger partial charge in [-0.1, -0.05) is 31.5 Å². The summed E-state index contributed by atoms with van der Waals surface area (Å²) in [5.41, 5.74) is 1.04. The van der Waals surface area contributed by atoms with Crippen LogP contribution in [0.5, 0.6) is 0 Å². The smallest absolute Gasteiger partial charge is 0.272 e. The summed E-state index contributed by atoms with van der Waals surface area (Å²) in [6.07, 6.45) is 3.83. The number of hydrogen-bond donors (Lipinski definition) is 1. The van der Waals surface area contributed by atoms with Crippen LogP contribution >= 0.6 is 0 Å². The fourth-order valence-corrected chi connectivity index (χ4v) is 2.30. The summed E-state index contributed by atoms with van der Waals surface area (Å²) in [4.78, 5) is 12.8. The van der Waals surface area contributed by atoms with Crippen molar-refractivity contribution in [1.29, 1.82) is 0 Å². The number of likely N-dealkylation sites (N-methyl/N-ethyl adjacent to an activating group) is 1. The number of hydrogen-bond acceptors (Lipinski definition) is 4. The summed E-state index contributed by atoms with van der Waals surface area (Å²) in [6, 6.07) is 6.95. The van der Waals surface area contributed by atoms with Gasteiger partial charge in [0.15, 0.2) is 0 Å². The SMILES string of the molecule is CCN(CCO)CCCCCc1ccccc1[N+](=O)[O-]. The van der Waals surface area contributed by atoms with Crippen LogP contribution in [0.3, 0.4) is 0 Å². The maximum absolute atomic E-state index is 10.9. The van der Waals surface area contributed by atoms with Gasteiger partial charge in [-0.2, -0.15) is 0 Å². The van der Waals surface area contributed by atoms with Gasteiger partial charge in [0.25, 0.3) is 5.69 Å². The Morgan fingerprint density at radius 2 is 1.95 bits per heavy atom. The normalized spacial score (nSPS) is 10.9. The highest BCUT2D eigenvalue weighted by molar-refractivity contribution is 5.39. The molecular weight excluding hydrogens is 256 g/mol. The van der Waals surface area contributed by atoms with Crippen LogP contribution in [0, 0.1) is 10.1 Å². The van der Waals surface area contributed by atoms with Crippen LogP contribution in [0.4, 0.5) is 5.69 Å². The van der Waals surface area contributed by atoms with Gasteiger partial charge in [-0.15, -0.1) is 0 Å². The van der Waals surface area contributed by atoms with Crippen LogP contribution in [0.15, 0.2) is 24.3 Å². The van der Waals surface area contributed by atoms with Gasteiger partial charge < -0.3 is 10.0 Å². The molecule has 0 aliphatic heterocycles. The van der Waals surface area contributed by atoms with Crippen LogP contribution in [0.2, 0.25) is 0 Å². The molecule has 1 N–H and O–H groups in total. The zero-order chi connectivity index (χ0) is 14.8. The lowest BCUT2D eigenvalue weighted by atomic mass is 10.1. The Labute approximate surface area is 120 Å². The lowest BCUT2D eigenvalue weighted by Crippen LogP contribution is -2.27. The Balaban J connectivity index is 2.29. The predicted molar refractivity (Wildman–Crippen MR) is 79.9 cm³/mol. The van der Waals surface area contributed by atoms with E-state index in [1.165, 1.54) is 0 Å². The van der Waals surface area contributed by atoms with E-state index in [0.29, 0.717) is 0 Å². The van der Waals surface area contributed by atoms with Crippen molar-refractivity contribution in [3.63, 3.8) is 0 Å². The number of para-hydroxylation sites is 1. The van der Waals surface area contributed by atoms with Crippen molar-refractivity contribution < 1.29 is 10.0 Å². The third-order valence-electron chi connectivity index (χ3n) is 3.47. The fraction of sp³-hybridized carbons (Fsp3) is 0.600. The van der Waals surface area contributed by atoms with Crippen molar-refractivity contribution in [3.8, 4) is 0 Å². The Bertz CT molecular complexity index is 410. The second-order valence-electron chi connectivity index (χ2n) is 4.85. The third-order valence-corrected chi connectivity index (χ3v) is 3.47. The number of rotatable bonds is 10. The standard InChI is InChI=1S/C15H24N2O3/c1-2-16(12-13-18)11-7-3-4-8-14-9-5-6-10-15(14)17(19)20/h5-6,9-10,18H,2-4,7-8,11-13H2,1H3. The molecule has 0 amide bonds. The van der Waals surface area contributed by atoms with E-state index in [0.717, 1.165) is 50.9 Å². The summed E-state index contributed by atoms with van der Waals surface area (Å²) < 4.78 is 0. The number of unbranched alkanes of at least 4 members (excludes halogenated alkanes) is 2. The number of nitro benzene ring substituents is 1. The molecule has 0 atom stereocenters. The Hall–Kier alpha value is -1.46. The first-order chi connectivity index (χ1) is 9.69. The zero-order valence-corrected chi connectivity index (χ0v) is 12.1. The van der Waals surface area contributed by atoms with E-state index in [4.69, 9.17) is 5.11 Å². The summed E-state index contributed by atoms with van der Waals surface area (Å²) >= 11 is 0.